The smallest absolute Gasteiger partial charge is 0.250 e. The second-order valence-electron chi connectivity index (χ2n) is 10.0. The number of aliphatic hydroxyl groups excluding tert-OH is 1. The lowest BCUT2D eigenvalue weighted by Gasteiger charge is -2.28. The molecule has 2 aromatic heterocycles. The number of amides is 1. The molecule has 0 bridgehead atoms. The molecule has 37 heavy (non-hydrogen) atoms. The molecule has 4 N–H and O–H groups in total. The van der Waals surface area contributed by atoms with E-state index < -0.39 is 5.91 Å². The number of nitrogens with one attached hydrogen (secondary N) is 1. The van der Waals surface area contributed by atoms with E-state index in [4.69, 9.17) is 10.7 Å². The summed E-state index contributed by atoms with van der Waals surface area (Å²) in [6.07, 6.45) is 12.0. The predicted molar refractivity (Wildman–Crippen MR) is 149 cm³/mol. The Morgan fingerprint density at radius 3 is 2.65 bits per heavy atom. The van der Waals surface area contributed by atoms with Gasteiger partial charge >= 0.3 is 0 Å². The summed E-state index contributed by atoms with van der Waals surface area (Å²) in [5.41, 5.74) is 12.1. The minimum atomic E-state index is -0.464. The molecular weight excluding hydrogens is 460 g/mol. The molecule has 1 fully saturated rings. The number of aliphatic hydroxyl groups is 1. The Labute approximate surface area is 218 Å². The Bertz CT molecular complexity index is 1410. The van der Waals surface area contributed by atoms with Gasteiger partial charge in [0.15, 0.2) is 0 Å². The van der Waals surface area contributed by atoms with Crippen molar-refractivity contribution >= 4 is 22.4 Å². The molecule has 1 aliphatic carbocycles. The van der Waals surface area contributed by atoms with Crippen LogP contribution in [0.3, 0.4) is 0 Å². The van der Waals surface area contributed by atoms with Gasteiger partial charge in [0.25, 0.3) is 5.91 Å². The van der Waals surface area contributed by atoms with Gasteiger partial charge in [-0.25, -0.2) is 0 Å². The van der Waals surface area contributed by atoms with E-state index in [0.29, 0.717) is 11.3 Å². The highest BCUT2D eigenvalue weighted by Crippen LogP contribution is 2.35. The van der Waals surface area contributed by atoms with Crippen molar-refractivity contribution in [2.45, 2.75) is 64.0 Å². The first kappa shape index (κ1) is 24.9. The lowest BCUT2D eigenvalue weighted by molar-refractivity contribution is 0.100. The highest BCUT2D eigenvalue weighted by atomic mass is 16.3. The van der Waals surface area contributed by atoms with Crippen LogP contribution >= 0.6 is 0 Å². The SMILES string of the molecule is CCCCc1cncc(-c2cccc3c(-c4ccc(C(N)=O)c(NC5CCC(O)CC5)c4)nccc23)c1. The summed E-state index contributed by atoms with van der Waals surface area (Å²) >= 11 is 0. The predicted octanol–water partition coefficient (Wildman–Crippen LogP) is 6.12. The fourth-order valence-electron chi connectivity index (χ4n) is 5.31. The van der Waals surface area contributed by atoms with Crippen LogP contribution in [0.4, 0.5) is 5.69 Å². The van der Waals surface area contributed by atoms with Crippen LogP contribution in [0.1, 0.15) is 61.4 Å². The minimum Gasteiger partial charge on any atom is -0.393 e. The lowest BCUT2D eigenvalue weighted by Crippen LogP contribution is -2.29. The molecule has 190 valence electrons. The topological polar surface area (TPSA) is 101 Å². The number of aryl methyl sites for hydroxylation is 1. The highest BCUT2D eigenvalue weighted by Gasteiger charge is 2.21. The molecule has 1 aliphatic rings. The van der Waals surface area contributed by atoms with Crippen LogP contribution < -0.4 is 11.1 Å². The standard InChI is InChI=1S/C31H34N4O2/c1-2-3-5-20-16-22(19-33-18-20)25-6-4-7-27-26(25)14-15-34-30(27)21-8-13-28(31(32)37)29(17-21)35-23-9-11-24(36)12-10-23/h4,6-8,13-19,23-24,35-36H,2-3,5,9-12H2,1H3,(H2,32,37). The van der Waals surface area contributed by atoms with Gasteiger partial charge in [-0.3, -0.25) is 14.8 Å². The van der Waals surface area contributed by atoms with E-state index in [1.165, 1.54) is 5.56 Å². The molecule has 0 spiro atoms. The molecule has 0 saturated heterocycles. The van der Waals surface area contributed by atoms with Gasteiger partial charge in [-0.1, -0.05) is 37.6 Å². The van der Waals surface area contributed by atoms with Gasteiger partial charge in [0.1, 0.15) is 0 Å². The van der Waals surface area contributed by atoms with Gasteiger partial charge in [0, 0.05) is 46.8 Å². The van der Waals surface area contributed by atoms with Crippen LogP contribution in [0.2, 0.25) is 0 Å². The normalized spacial score (nSPS) is 17.6. The van der Waals surface area contributed by atoms with Crippen molar-refractivity contribution in [1.29, 1.82) is 0 Å². The van der Waals surface area contributed by atoms with Crippen LogP contribution in [-0.4, -0.2) is 33.1 Å². The number of benzene rings is 2. The van der Waals surface area contributed by atoms with E-state index in [2.05, 4.69) is 47.6 Å². The van der Waals surface area contributed by atoms with E-state index in [0.717, 1.165) is 78.1 Å². The fraction of sp³-hybridized carbons (Fsp3) is 0.323. The molecule has 5 rings (SSSR count). The maximum atomic E-state index is 12.2. The maximum Gasteiger partial charge on any atom is 0.250 e. The first-order valence-corrected chi connectivity index (χ1v) is 13.2. The van der Waals surface area contributed by atoms with Gasteiger partial charge in [-0.05, 0) is 79.3 Å². The summed E-state index contributed by atoms with van der Waals surface area (Å²) in [7, 11) is 0. The molecule has 2 heterocycles. The van der Waals surface area contributed by atoms with Crippen LogP contribution in [0, 0.1) is 0 Å². The number of pyridine rings is 2. The van der Waals surface area contributed by atoms with Gasteiger partial charge in [-0.15, -0.1) is 0 Å². The molecule has 1 saturated carbocycles. The molecule has 0 aliphatic heterocycles. The van der Waals surface area contributed by atoms with Crippen LogP contribution in [0.15, 0.2) is 67.1 Å². The third-order valence-electron chi connectivity index (χ3n) is 7.35. The first-order chi connectivity index (χ1) is 18.0. The number of carbonyl (C=O) groups is 1. The van der Waals surface area contributed by atoms with Crippen molar-refractivity contribution in [2.75, 3.05) is 5.32 Å². The number of carbonyl (C=O) groups excluding carboxylic acids is 1. The van der Waals surface area contributed by atoms with Crippen LogP contribution in [0.25, 0.3) is 33.2 Å². The fourth-order valence-corrected chi connectivity index (χ4v) is 5.31. The summed E-state index contributed by atoms with van der Waals surface area (Å²) in [6, 6.07) is 16.4. The average molecular weight is 495 g/mol. The molecule has 0 atom stereocenters. The summed E-state index contributed by atoms with van der Waals surface area (Å²) < 4.78 is 0. The van der Waals surface area contributed by atoms with E-state index in [-0.39, 0.29) is 12.1 Å². The number of nitrogens with zero attached hydrogens (tertiary/aromatic N) is 2. The van der Waals surface area contributed by atoms with Gasteiger partial charge in [-0.2, -0.15) is 0 Å². The highest BCUT2D eigenvalue weighted by molar-refractivity contribution is 6.04. The Hall–Kier alpha value is -3.77. The van der Waals surface area contributed by atoms with Crippen molar-refractivity contribution in [1.82, 2.24) is 9.97 Å². The Balaban J connectivity index is 1.54. The Kier molecular flexibility index (Phi) is 7.47. The van der Waals surface area contributed by atoms with Crippen LogP contribution in [-0.2, 0) is 6.42 Å². The zero-order valence-electron chi connectivity index (χ0n) is 21.3. The van der Waals surface area contributed by atoms with Crippen molar-refractivity contribution in [3.05, 3.63) is 78.2 Å². The van der Waals surface area contributed by atoms with E-state index >= 15 is 0 Å². The molecule has 6 heteroatoms. The summed E-state index contributed by atoms with van der Waals surface area (Å²) in [5, 5.41) is 15.5. The molecule has 6 nitrogen and oxygen atoms in total. The Morgan fingerprint density at radius 2 is 1.86 bits per heavy atom. The van der Waals surface area contributed by atoms with Crippen molar-refractivity contribution in [3.8, 4) is 22.4 Å². The quantitative estimate of drug-likeness (QED) is 0.274. The summed E-state index contributed by atoms with van der Waals surface area (Å²) in [6.45, 7) is 2.20. The molecule has 0 unspecified atom stereocenters. The molecule has 0 radical (unpaired) electrons. The first-order valence-electron chi connectivity index (χ1n) is 13.2. The van der Waals surface area contributed by atoms with Crippen molar-refractivity contribution < 1.29 is 9.90 Å². The third-order valence-corrected chi connectivity index (χ3v) is 7.35. The molecule has 4 aromatic rings. The number of rotatable bonds is 8. The number of unbranched alkanes of at least 4 members (excludes halogenated alkanes) is 1. The lowest BCUT2D eigenvalue weighted by atomic mass is 9.92. The van der Waals surface area contributed by atoms with Crippen molar-refractivity contribution in [2.24, 2.45) is 5.73 Å². The van der Waals surface area contributed by atoms with E-state index in [1.807, 2.05) is 30.7 Å². The second-order valence-corrected chi connectivity index (χ2v) is 10.0. The Morgan fingerprint density at radius 1 is 1.03 bits per heavy atom. The van der Waals surface area contributed by atoms with Crippen molar-refractivity contribution in [3.63, 3.8) is 0 Å². The molecule has 1 amide bonds. The second kappa shape index (κ2) is 11.1. The number of fused-ring (bicyclic) bond motifs is 1. The molecular formula is C31H34N4O2. The van der Waals surface area contributed by atoms with E-state index in [1.54, 1.807) is 6.07 Å². The summed E-state index contributed by atoms with van der Waals surface area (Å²) in [4.78, 5) is 21.5. The summed E-state index contributed by atoms with van der Waals surface area (Å²) in [5.74, 6) is -0.464. The van der Waals surface area contributed by atoms with Gasteiger partial charge in [0.2, 0.25) is 0 Å². The minimum absolute atomic E-state index is 0.191. The number of hydrogen-bond acceptors (Lipinski definition) is 5. The maximum absolute atomic E-state index is 12.2. The molecule has 2 aromatic carbocycles. The number of nitrogens with two attached hydrogens (primary N) is 1. The largest absolute Gasteiger partial charge is 0.393 e. The van der Waals surface area contributed by atoms with Gasteiger partial charge in [0.05, 0.1) is 17.4 Å². The number of primary amides is 1. The zero-order chi connectivity index (χ0) is 25.8. The van der Waals surface area contributed by atoms with Gasteiger partial charge < -0.3 is 16.2 Å². The third kappa shape index (κ3) is 5.49. The monoisotopic (exact) mass is 494 g/mol. The van der Waals surface area contributed by atoms with E-state index in [9.17, 15) is 9.90 Å². The zero-order valence-corrected chi connectivity index (χ0v) is 21.3. The number of anilines is 1. The number of hydrogen-bond donors (Lipinski definition) is 3. The van der Waals surface area contributed by atoms with Crippen LogP contribution in [0.5, 0.6) is 0 Å². The number of aromatic nitrogens is 2. The average Bonchev–Trinajstić information content (AvgIpc) is 2.92.